The summed E-state index contributed by atoms with van der Waals surface area (Å²) in [5.41, 5.74) is 6.49. The first-order chi connectivity index (χ1) is 13.2. The van der Waals surface area contributed by atoms with Gasteiger partial charge < -0.3 is 0 Å². The lowest BCUT2D eigenvalue weighted by molar-refractivity contribution is 0.590. The fraction of sp³-hybridized carbons (Fsp3) is 0.240. The lowest BCUT2D eigenvalue weighted by Crippen LogP contribution is -2.10. The molecule has 0 saturated heterocycles. The third-order valence-corrected chi connectivity index (χ3v) is 4.47. The number of nitrogens with zero attached hydrogens (tertiary/aromatic N) is 2. The van der Waals surface area contributed by atoms with Gasteiger partial charge in [-0.3, -0.25) is 15.4 Å². The van der Waals surface area contributed by atoms with E-state index < -0.39 is 0 Å². The van der Waals surface area contributed by atoms with Gasteiger partial charge in [0.05, 0.1) is 17.1 Å². The number of hydrogen-bond acceptors (Lipinski definition) is 3. The number of aliphatic imine (C=N–C) groups is 1. The SMILES string of the molecule is C=CN=C(C)C(=N)/C=C(\C)c1cc(/C=C/c2ccc(C(C)(C)C)cc2)ccn1. The maximum Gasteiger partial charge on any atom is 0.0755 e. The fourth-order valence-corrected chi connectivity index (χ4v) is 2.65. The van der Waals surface area contributed by atoms with Crippen LogP contribution in [0.25, 0.3) is 17.7 Å². The molecule has 0 radical (unpaired) electrons. The molecule has 1 N–H and O–H groups in total. The summed E-state index contributed by atoms with van der Waals surface area (Å²) < 4.78 is 0. The van der Waals surface area contributed by atoms with Crippen LogP contribution in [0, 0.1) is 5.41 Å². The Kier molecular flexibility index (Phi) is 7.00. The Bertz CT molecular complexity index is 937. The van der Waals surface area contributed by atoms with Crippen LogP contribution in [-0.2, 0) is 5.41 Å². The summed E-state index contributed by atoms with van der Waals surface area (Å²) in [6.07, 6.45) is 9.21. The molecular weight excluding hydrogens is 342 g/mol. The molecule has 0 atom stereocenters. The van der Waals surface area contributed by atoms with Gasteiger partial charge in [-0.2, -0.15) is 0 Å². The summed E-state index contributed by atoms with van der Waals surface area (Å²) in [4.78, 5) is 8.49. The van der Waals surface area contributed by atoms with E-state index in [2.05, 4.69) is 73.7 Å². The second-order valence-corrected chi connectivity index (χ2v) is 7.82. The fourth-order valence-electron chi connectivity index (χ4n) is 2.65. The molecule has 0 aliphatic carbocycles. The molecule has 144 valence electrons. The highest BCUT2D eigenvalue weighted by atomic mass is 14.7. The molecule has 3 heteroatoms. The number of allylic oxidation sites excluding steroid dienone is 2. The molecule has 1 aromatic carbocycles. The molecule has 0 spiro atoms. The van der Waals surface area contributed by atoms with Gasteiger partial charge in [0.2, 0.25) is 0 Å². The molecule has 1 heterocycles. The number of benzene rings is 1. The Morgan fingerprint density at radius 3 is 2.29 bits per heavy atom. The number of hydrogen-bond donors (Lipinski definition) is 1. The molecule has 0 unspecified atom stereocenters. The molecular formula is C25H29N3. The molecule has 1 aromatic heterocycles. The van der Waals surface area contributed by atoms with Gasteiger partial charge in [-0.1, -0.05) is 63.8 Å². The summed E-state index contributed by atoms with van der Waals surface area (Å²) in [6, 6.07) is 12.7. The molecule has 2 rings (SSSR count). The molecule has 0 aliphatic rings. The Morgan fingerprint density at radius 2 is 1.68 bits per heavy atom. The van der Waals surface area contributed by atoms with Crippen molar-refractivity contribution in [3.05, 3.63) is 83.8 Å². The third kappa shape index (κ3) is 5.98. The Morgan fingerprint density at radius 1 is 1.04 bits per heavy atom. The molecule has 0 aliphatic heterocycles. The summed E-state index contributed by atoms with van der Waals surface area (Å²) >= 11 is 0. The Hall–Kier alpha value is -3.07. The van der Waals surface area contributed by atoms with Gasteiger partial charge in [-0.25, -0.2) is 0 Å². The van der Waals surface area contributed by atoms with Crippen molar-refractivity contribution in [1.82, 2.24) is 4.98 Å². The number of pyridine rings is 1. The molecule has 0 amide bonds. The summed E-state index contributed by atoms with van der Waals surface area (Å²) in [7, 11) is 0. The van der Waals surface area contributed by atoms with E-state index in [4.69, 9.17) is 5.41 Å². The highest BCUT2D eigenvalue weighted by Gasteiger charge is 2.12. The Balaban J connectivity index is 2.19. The largest absolute Gasteiger partial charge is 0.299 e. The van der Waals surface area contributed by atoms with Crippen LogP contribution in [0.2, 0.25) is 0 Å². The first-order valence-corrected chi connectivity index (χ1v) is 9.38. The second kappa shape index (κ2) is 9.23. The lowest BCUT2D eigenvalue weighted by Gasteiger charge is -2.18. The quantitative estimate of drug-likeness (QED) is 0.573. The maximum absolute atomic E-state index is 8.09. The smallest absolute Gasteiger partial charge is 0.0755 e. The maximum atomic E-state index is 8.09. The van der Waals surface area contributed by atoms with E-state index in [1.807, 2.05) is 19.1 Å². The molecule has 0 fully saturated rings. The molecule has 28 heavy (non-hydrogen) atoms. The Labute approximate surface area is 168 Å². The minimum absolute atomic E-state index is 0.161. The van der Waals surface area contributed by atoms with Gasteiger partial charge >= 0.3 is 0 Å². The van der Waals surface area contributed by atoms with Crippen LogP contribution >= 0.6 is 0 Å². The zero-order valence-electron chi connectivity index (χ0n) is 17.5. The van der Waals surface area contributed by atoms with Crippen molar-refractivity contribution < 1.29 is 0 Å². The van der Waals surface area contributed by atoms with Gasteiger partial charge in [0.15, 0.2) is 0 Å². The lowest BCUT2D eigenvalue weighted by atomic mass is 9.87. The van der Waals surface area contributed by atoms with E-state index >= 15 is 0 Å². The zero-order chi connectivity index (χ0) is 20.7. The second-order valence-electron chi connectivity index (χ2n) is 7.82. The van der Waals surface area contributed by atoms with Gasteiger partial charge in [-0.15, -0.1) is 0 Å². The van der Waals surface area contributed by atoms with Gasteiger partial charge in [0.1, 0.15) is 0 Å². The average molecular weight is 372 g/mol. The van der Waals surface area contributed by atoms with Crippen LogP contribution in [0.3, 0.4) is 0 Å². The highest BCUT2D eigenvalue weighted by molar-refractivity contribution is 6.45. The topological polar surface area (TPSA) is 49.1 Å². The first-order valence-electron chi connectivity index (χ1n) is 9.38. The van der Waals surface area contributed by atoms with Crippen molar-refractivity contribution >= 4 is 29.1 Å². The van der Waals surface area contributed by atoms with Crippen molar-refractivity contribution in [2.75, 3.05) is 0 Å². The summed E-state index contributed by atoms with van der Waals surface area (Å²) in [5, 5.41) is 8.09. The minimum atomic E-state index is 0.161. The van der Waals surface area contributed by atoms with E-state index in [1.54, 1.807) is 19.2 Å². The summed E-state index contributed by atoms with van der Waals surface area (Å²) in [5.74, 6) is 0. The normalized spacial score (nSPS) is 13.0. The van der Waals surface area contributed by atoms with Crippen LogP contribution in [0.4, 0.5) is 0 Å². The molecule has 0 saturated carbocycles. The van der Waals surface area contributed by atoms with E-state index in [-0.39, 0.29) is 5.41 Å². The van der Waals surface area contributed by atoms with Crippen molar-refractivity contribution in [2.45, 2.75) is 40.0 Å². The van der Waals surface area contributed by atoms with E-state index in [0.29, 0.717) is 11.4 Å². The van der Waals surface area contributed by atoms with Crippen molar-refractivity contribution in [2.24, 2.45) is 4.99 Å². The van der Waals surface area contributed by atoms with Crippen LogP contribution in [0.5, 0.6) is 0 Å². The number of rotatable bonds is 6. The van der Waals surface area contributed by atoms with Crippen molar-refractivity contribution in [3.8, 4) is 0 Å². The van der Waals surface area contributed by atoms with Crippen LogP contribution in [0.15, 0.2) is 66.4 Å². The predicted molar refractivity (Wildman–Crippen MR) is 123 cm³/mol. The van der Waals surface area contributed by atoms with Gasteiger partial charge in [0.25, 0.3) is 0 Å². The van der Waals surface area contributed by atoms with E-state index in [9.17, 15) is 0 Å². The average Bonchev–Trinajstić information content (AvgIpc) is 2.66. The zero-order valence-corrected chi connectivity index (χ0v) is 17.5. The monoisotopic (exact) mass is 371 g/mol. The molecule has 3 nitrogen and oxygen atoms in total. The minimum Gasteiger partial charge on any atom is -0.299 e. The van der Waals surface area contributed by atoms with Crippen LogP contribution in [0.1, 0.15) is 57.0 Å². The van der Waals surface area contributed by atoms with Crippen molar-refractivity contribution in [3.63, 3.8) is 0 Å². The first kappa shape index (κ1) is 21.2. The predicted octanol–water partition coefficient (Wildman–Crippen LogP) is 6.58. The molecule has 0 bridgehead atoms. The molecule has 2 aromatic rings. The summed E-state index contributed by atoms with van der Waals surface area (Å²) in [6.45, 7) is 14.0. The third-order valence-electron chi connectivity index (χ3n) is 4.47. The van der Waals surface area contributed by atoms with Gasteiger partial charge in [0, 0.05) is 12.4 Å². The number of nitrogens with one attached hydrogen (secondary N) is 1. The van der Waals surface area contributed by atoms with Crippen LogP contribution < -0.4 is 0 Å². The van der Waals surface area contributed by atoms with Crippen molar-refractivity contribution in [1.29, 1.82) is 5.41 Å². The number of aromatic nitrogens is 1. The van der Waals surface area contributed by atoms with E-state index in [1.165, 1.54) is 11.8 Å². The van der Waals surface area contributed by atoms with E-state index in [0.717, 1.165) is 22.4 Å². The highest BCUT2D eigenvalue weighted by Crippen LogP contribution is 2.23. The van der Waals surface area contributed by atoms with Gasteiger partial charge in [-0.05, 0) is 59.7 Å². The van der Waals surface area contributed by atoms with Crippen LogP contribution in [-0.4, -0.2) is 16.4 Å². The standard InChI is InChI=1S/C25H29N3/c1-7-27-19(3)23(26)16-18(2)24-17-21(14-15-28-24)9-8-20-10-12-22(13-11-20)25(4,5)6/h7-17,26H,1H2,2-6H3/b9-8+,18-16+,26-23?,27-19?.